The van der Waals surface area contributed by atoms with Gasteiger partial charge in [0.2, 0.25) is 5.91 Å². The molecular formula is C15H25NO3. The van der Waals surface area contributed by atoms with Gasteiger partial charge < -0.3 is 10.4 Å². The van der Waals surface area contributed by atoms with E-state index in [2.05, 4.69) is 12.2 Å². The van der Waals surface area contributed by atoms with Crippen LogP contribution in [0.5, 0.6) is 0 Å². The van der Waals surface area contributed by atoms with E-state index in [0.717, 1.165) is 11.8 Å². The third kappa shape index (κ3) is 2.93. The minimum Gasteiger partial charge on any atom is -0.481 e. The lowest BCUT2D eigenvalue weighted by Gasteiger charge is -2.29. The lowest BCUT2D eigenvalue weighted by molar-refractivity contribution is -0.146. The SMILES string of the molecule is CC(NC(=O)C(C)C(C)C(=O)O)C1CC2CCC1C2. The van der Waals surface area contributed by atoms with Gasteiger partial charge in [0.25, 0.3) is 0 Å². The highest BCUT2D eigenvalue weighted by Gasteiger charge is 2.42. The number of nitrogens with one attached hydrogen (secondary N) is 1. The number of hydrogen-bond acceptors (Lipinski definition) is 2. The van der Waals surface area contributed by atoms with Crippen LogP contribution in [0.15, 0.2) is 0 Å². The van der Waals surface area contributed by atoms with Crippen LogP contribution in [0, 0.1) is 29.6 Å². The van der Waals surface area contributed by atoms with Crippen molar-refractivity contribution in [2.24, 2.45) is 29.6 Å². The fraction of sp³-hybridized carbons (Fsp3) is 0.867. The van der Waals surface area contributed by atoms with Crippen LogP contribution in [0.1, 0.15) is 46.5 Å². The average molecular weight is 267 g/mol. The van der Waals surface area contributed by atoms with E-state index in [4.69, 9.17) is 5.11 Å². The molecule has 2 aliphatic carbocycles. The molecule has 0 heterocycles. The van der Waals surface area contributed by atoms with Gasteiger partial charge in [-0.15, -0.1) is 0 Å². The quantitative estimate of drug-likeness (QED) is 0.803. The number of hydrogen-bond donors (Lipinski definition) is 2. The topological polar surface area (TPSA) is 66.4 Å². The molecule has 4 nitrogen and oxygen atoms in total. The molecule has 0 spiro atoms. The Balaban J connectivity index is 1.86. The van der Waals surface area contributed by atoms with Gasteiger partial charge in [0.05, 0.1) is 5.92 Å². The van der Waals surface area contributed by atoms with Crippen LogP contribution in [0.4, 0.5) is 0 Å². The average Bonchev–Trinajstić information content (AvgIpc) is 2.98. The molecule has 2 fully saturated rings. The number of fused-ring (bicyclic) bond motifs is 2. The summed E-state index contributed by atoms with van der Waals surface area (Å²) < 4.78 is 0. The molecule has 19 heavy (non-hydrogen) atoms. The van der Waals surface area contributed by atoms with Crippen LogP contribution < -0.4 is 5.32 Å². The van der Waals surface area contributed by atoms with Crippen LogP contribution in [-0.4, -0.2) is 23.0 Å². The normalized spacial score (nSPS) is 33.7. The maximum absolute atomic E-state index is 12.1. The van der Waals surface area contributed by atoms with Crippen LogP contribution in [0.25, 0.3) is 0 Å². The van der Waals surface area contributed by atoms with Gasteiger partial charge in [0, 0.05) is 12.0 Å². The Hall–Kier alpha value is -1.06. The molecule has 0 aromatic rings. The van der Waals surface area contributed by atoms with Crippen LogP contribution in [-0.2, 0) is 9.59 Å². The first-order chi connectivity index (χ1) is 8.90. The van der Waals surface area contributed by atoms with Gasteiger partial charge >= 0.3 is 5.97 Å². The summed E-state index contributed by atoms with van der Waals surface area (Å²) in [5.74, 6) is 0.0958. The van der Waals surface area contributed by atoms with Gasteiger partial charge in [-0.25, -0.2) is 0 Å². The zero-order chi connectivity index (χ0) is 14.2. The Morgan fingerprint density at radius 2 is 1.79 bits per heavy atom. The smallest absolute Gasteiger partial charge is 0.307 e. The standard InChI is InChI=1S/C15H25NO3/c1-8(9(2)15(18)19)14(17)16-10(3)13-7-11-4-5-12(13)6-11/h8-13H,4-7H2,1-3H3,(H,16,17)(H,18,19). The van der Waals surface area contributed by atoms with Gasteiger partial charge in [0.15, 0.2) is 0 Å². The van der Waals surface area contributed by atoms with E-state index in [1.54, 1.807) is 13.8 Å². The highest BCUT2D eigenvalue weighted by Crippen LogP contribution is 2.49. The lowest BCUT2D eigenvalue weighted by atomic mass is 9.83. The van der Waals surface area contributed by atoms with Crippen LogP contribution in [0.2, 0.25) is 0 Å². The van der Waals surface area contributed by atoms with Crippen molar-refractivity contribution in [3.8, 4) is 0 Å². The van der Waals surface area contributed by atoms with Crippen LogP contribution >= 0.6 is 0 Å². The molecule has 6 atom stereocenters. The van der Waals surface area contributed by atoms with Gasteiger partial charge in [-0.05, 0) is 43.9 Å². The molecule has 2 rings (SSSR count). The molecule has 108 valence electrons. The third-order valence-electron chi connectivity index (χ3n) is 5.36. The number of rotatable bonds is 5. The largest absolute Gasteiger partial charge is 0.481 e. The molecule has 2 N–H and O–H groups in total. The zero-order valence-corrected chi connectivity index (χ0v) is 12.1. The van der Waals surface area contributed by atoms with Crippen molar-refractivity contribution >= 4 is 11.9 Å². The van der Waals surface area contributed by atoms with Crippen LogP contribution in [0.3, 0.4) is 0 Å². The van der Waals surface area contributed by atoms with E-state index in [-0.39, 0.29) is 11.9 Å². The summed E-state index contributed by atoms with van der Waals surface area (Å²) in [5, 5.41) is 12.0. The second kappa shape index (κ2) is 5.51. The number of carboxylic acid groups (broad SMARTS) is 1. The molecule has 2 aliphatic rings. The Bertz CT molecular complexity index is 368. The monoisotopic (exact) mass is 267 g/mol. The summed E-state index contributed by atoms with van der Waals surface area (Å²) in [6, 6.07) is 0.172. The Morgan fingerprint density at radius 1 is 1.11 bits per heavy atom. The van der Waals surface area contributed by atoms with Crippen molar-refractivity contribution in [3.63, 3.8) is 0 Å². The van der Waals surface area contributed by atoms with Gasteiger partial charge in [-0.2, -0.15) is 0 Å². The summed E-state index contributed by atoms with van der Waals surface area (Å²) in [7, 11) is 0. The van der Waals surface area contributed by atoms with Crippen molar-refractivity contribution in [1.82, 2.24) is 5.32 Å². The van der Waals surface area contributed by atoms with Gasteiger partial charge in [0.1, 0.15) is 0 Å². The fourth-order valence-corrected chi connectivity index (χ4v) is 3.81. The van der Waals surface area contributed by atoms with Gasteiger partial charge in [-0.3, -0.25) is 9.59 Å². The molecule has 0 aromatic heterocycles. The first kappa shape index (κ1) is 14.4. The molecule has 0 aromatic carbocycles. The van der Waals surface area contributed by atoms with E-state index < -0.39 is 17.8 Å². The summed E-state index contributed by atoms with van der Waals surface area (Å²) >= 11 is 0. The molecule has 0 saturated heterocycles. The summed E-state index contributed by atoms with van der Waals surface area (Å²) in [6.07, 6.45) is 5.21. The number of carbonyl (C=O) groups is 2. The summed E-state index contributed by atoms with van der Waals surface area (Å²) in [4.78, 5) is 23.0. The highest BCUT2D eigenvalue weighted by molar-refractivity contribution is 5.84. The second-order valence-corrected chi connectivity index (χ2v) is 6.55. The molecule has 0 aliphatic heterocycles. The molecule has 6 unspecified atom stereocenters. The van der Waals surface area contributed by atoms with Crippen molar-refractivity contribution in [1.29, 1.82) is 0 Å². The number of aliphatic carboxylic acids is 1. The Kier molecular flexibility index (Phi) is 4.16. The minimum atomic E-state index is -0.907. The van der Waals surface area contributed by atoms with E-state index in [1.807, 2.05) is 0 Å². The second-order valence-electron chi connectivity index (χ2n) is 6.55. The van der Waals surface area contributed by atoms with E-state index in [0.29, 0.717) is 5.92 Å². The zero-order valence-electron chi connectivity index (χ0n) is 12.1. The van der Waals surface area contributed by atoms with Crippen molar-refractivity contribution < 1.29 is 14.7 Å². The third-order valence-corrected chi connectivity index (χ3v) is 5.36. The maximum Gasteiger partial charge on any atom is 0.307 e. The van der Waals surface area contributed by atoms with Crippen molar-refractivity contribution in [2.75, 3.05) is 0 Å². The Morgan fingerprint density at radius 3 is 2.26 bits per heavy atom. The number of carboxylic acids is 1. The molecule has 0 radical (unpaired) electrons. The summed E-state index contributed by atoms with van der Waals surface area (Å²) in [6.45, 7) is 5.36. The highest BCUT2D eigenvalue weighted by atomic mass is 16.4. The lowest BCUT2D eigenvalue weighted by Crippen LogP contribution is -2.44. The molecule has 4 heteroatoms. The maximum atomic E-state index is 12.1. The summed E-state index contributed by atoms with van der Waals surface area (Å²) in [5.41, 5.74) is 0. The van der Waals surface area contributed by atoms with E-state index >= 15 is 0 Å². The molecular weight excluding hydrogens is 242 g/mol. The van der Waals surface area contributed by atoms with Crippen molar-refractivity contribution in [3.05, 3.63) is 0 Å². The van der Waals surface area contributed by atoms with E-state index in [9.17, 15) is 9.59 Å². The molecule has 2 bridgehead atoms. The Labute approximate surface area is 115 Å². The van der Waals surface area contributed by atoms with E-state index in [1.165, 1.54) is 25.7 Å². The molecule has 1 amide bonds. The predicted molar refractivity (Wildman–Crippen MR) is 72.5 cm³/mol. The molecule has 2 saturated carbocycles. The first-order valence-electron chi connectivity index (χ1n) is 7.43. The predicted octanol–water partition coefficient (Wildman–Crippen LogP) is 2.28. The van der Waals surface area contributed by atoms with Gasteiger partial charge in [-0.1, -0.05) is 20.3 Å². The number of amides is 1. The minimum absolute atomic E-state index is 0.120. The fourth-order valence-electron chi connectivity index (χ4n) is 3.81. The number of carbonyl (C=O) groups excluding carboxylic acids is 1. The first-order valence-corrected chi connectivity index (χ1v) is 7.43. The van der Waals surface area contributed by atoms with Crippen molar-refractivity contribution in [2.45, 2.75) is 52.5 Å².